The molecule has 0 spiro atoms. The van der Waals surface area contributed by atoms with Gasteiger partial charge in [0.15, 0.2) is 0 Å². The minimum atomic E-state index is -0.0110. The molecule has 1 aliphatic rings. The first-order valence-corrected chi connectivity index (χ1v) is 3.67. The van der Waals surface area contributed by atoms with Crippen LogP contribution in [0.4, 0.5) is 0 Å². The summed E-state index contributed by atoms with van der Waals surface area (Å²) in [5.74, 6) is 0. The van der Waals surface area contributed by atoms with Gasteiger partial charge in [-0.3, -0.25) is 0 Å². The fourth-order valence-corrected chi connectivity index (χ4v) is 1.08. The summed E-state index contributed by atoms with van der Waals surface area (Å²) in [5.41, 5.74) is 5.60. The van der Waals surface area contributed by atoms with E-state index >= 15 is 0 Å². The van der Waals surface area contributed by atoms with Crippen LogP contribution in [-0.4, -0.2) is 18.8 Å². The smallest absolute Gasteiger partial charge is 0.0626 e. The molecule has 0 aliphatic carbocycles. The van der Waals surface area contributed by atoms with Crippen LogP contribution < -0.4 is 5.73 Å². The largest absolute Gasteiger partial charge is 0.378 e. The van der Waals surface area contributed by atoms with Gasteiger partial charge < -0.3 is 10.5 Å². The van der Waals surface area contributed by atoms with Crippen molar-refractivity contribution in [3.8, 4) is 0 Å². The topological polar surface area (TPSA) is 35.2 Å². The molecule has 2 unspecified atom stereocenters. The Kier molecular flexibility index (Phi) is 2.90. The minimum Gasteiger partial charge on any atom is -0.378 e. The molecule has 0 aromatic carbocycles. The van der Waals surface area contributed by atoms with Crippen LogP contribution in [0.2, 0.25) is 0 Å². The summed E-state index contributed by atoms with van der Waals surface area (Å²) < 4.78 is 5.34. The van der Waals surface area contributed by atoms with Crippen molar-refractivity contribution in [3.63, 3.8) is 0 Å². The maximum atomic E-state index is 5.60. The monoisotopic (exact) mass is 140 g/mol. The van der Waals surface area contributed by atoms with E-state index in [4.69, 9.17) is 10.5 Å². The lowest BCUT2D eigenvalue weighted by atomic mass is 10.1. The second-order valence-electron chi connectivity index (χ2n) is 2.56. The Hall–Kier alpha value is -0.340. The molecule has 2 nitrogen and oxygen atoms in total. The summed E-state index contributed by atoms with van der Waals surface area (Å²) >= 11 is 0. The molecular formula is C8H14NO. The molecule has 0 bridgehead atoms. The Morgan fingerprint density at radius 1 is 1.70 bits per heavy atom. The summed E-state index contributed by atoms with van der Waals surface area (Å²) in [6.07, 6.45) is 6.27. The Balaban J connectivity index is 2.17. The van der Waals surface area contributed by atoms with Gasteiger partial charge in [-0.2, -0.15) is 0 Å². The third kappa shape index (κ3) is 2.12. The normalized spacial score (nSPS) is 28.3. The highest BCUT2D eigenvalue weighted by atomic mass is 16.5. The molecule has 1 rings (SSSR count). The molecule has 0 saturated carbocycles. The predicted octanol–water partition coefficient (Wildman–Crippen LogP) is 0.883. The SMILES string of the molecule is C=CC(N)[CH]C1CCCO1. The highest BCUT2D eigenvalue weighted by Crippen LogP contribution is 2.15. The molecule has 1 fully saturated rings. The van der Waals surface area contributed by atoms with E-state index in [1.807, 2.05) is 6.42 Å². The number of ether oxygens (including phenoxy) is 1. The third-order valence-corrected chi connectivity index (χ3v) is 1.67. The fourth-order valence-electron chi connectivity index (χ4n) is 1.08. The van der Waals surface area contributed by atoms with Crippen molar-refractivity contribution < 1.29 is 4.74 Å². The second-order valence-corrected chi connectivity index (χ2v) is 2.56. The number of rotatable bonds is 3. The van der Waals surface area contributed by atoms with E-state index in [2.05, 4.69) is 6.58 Å². The summed E-state index contributed by atoms with van der Waals surface area (Å²) in [6.45, 7) is 4.47. The Morgan fingerprint density at radius 3 is 3.00 bits per heavy atom. The van der Waals surface area contributed by atoms with Gasteiger partial charge in [-0.05, 0) is 12.8 Å². The van der Waals surface area contributed by atoms with Crippen molar-refractivity contribution in [3.05, 3.63) is 19.1 Å². The quantitative estimate of drug-likeness (QED) is 0.591. The summed E-state index contributed by atoms with van der Waals surface area (Å²) in [7, 11) is 0. The fraction of sp³-hybridized carbons (Fsp3) is 0.625. The van der Waals surface area contributed by atoms with E-state index in [-0.39, 0.29) is 12.1 Å². The van der Waals surface area contributed by atoms with Gasteiger partial charge in [0.2, 0.25) is 0 Å². The molecule has 0 aromatic rings. The van der Waals surface area contributed by atoms with Crippen molar-refractivity contribution in [2.45, 2.75) is 25.0 Å². The van der Waals surface area contributed by atoms with Gasteiger partial charge >= 0.3 is 0 Å². The summed E-state index contributed by atoms with van der Waals surface area (Å²) in [6, 6.07) is -0.0110. The van der Waals surface area contributed by atoms with Gasteiger partial charge in [-0.25, -0.2) is 0 Å². The van der Waals surface area contributed by atoms with Gasteiger partial charge in [0.05, 0.1) is 6.10 Å². The highest BCUT2D eigenvalue weighted by molar-refractivity contribution is 4.98. The molecule has 57 valence electrons. The first-order valence-electron chi connectivity index (χ1n) is 3.67. The molecule has 1 saturated heterocycles. The predicted molar refractivity (Wildman–Crippen MR) is 41.4 cm³/mol. The lowest BCUT2D eigenvalue weighted by molar-refractivity contribution is 0.131. The van der Waals surface area contributed by atoms with Crippen molar-refractivity contribution in [1.29, 1.82) is 0 Å². The minimum absolute atomic E-state index is 0.0110. The van der Waals surface area contributed by atoms with Gasteiger partial charge in [0, 0.05) is 19.1 Å². The lowest BCUT2D eigenvalue weighted by Crippen LogP contribution is -2.24. The van der Waals surface area contributed by atoms with Crippen molar-refractivity contribution in [2.24, 2.45) is 5.73 Å². The van der Waals surface area contributed by atoms with Gasteiger partial charge in [-0.15, -0.1) is 6.58 Å². The average molecular weight is 140 g/mol. The Labute approximate surface area is 62.1 Å². The average Bonchev–Trinajstić information content (AvgIpc) is 2.40. The first-order chi connectivity index (χ1) is 4.83. The summed E-state index contributed by atoms with van der Waals surface area (Å²) in [5, 5.41) is 0. The first kappa shape index (κ1) is 7.76. The van der Waals surface area contributed by atoms with Crippen molar-refractivity contribution in [1.82, 2.24) is 0 Å². The number of hydrogen-bond acceptors (Lipinski definition) is 2. The molecule has 1 heterocycles. The maximum Gasteiger partial charge on any atom is 0.0626 e. The second kappa shape index (κ2) is 3.74. The van der Waals surface area contributed by atoms with E-state index in [9.17, 15) is 0 Å². The molecule has 1 radical (unpaired) electrons. The molecule has 1 aliphatic heterocycles. The van der Waals surface area contributed by atoms with Crippen LogP contribution >= 0.6 is 0 Å². The third-order valence-electron chi connectivity index (χ3n) is 1.67. The molecule has 0 amide bonds. The van der Waals surface area contributed by atoms with Crippen molar-refractivity contribution >= 4 is 0 Å². The summed E-state index contributed by atoms with van der Waals surface area (Å²) in [4.78, 5) is 0. The van der Waals surface area contributed by atoms with Crippen LogP contribution in [0.25, 0.3) is 0 Å². The zero-order valence-corrected chi connectivity index (χ0v) is 6.12. The molecule has 10 heavy (non-hydrogen) atoms. The Bertz CT molecular complexity index is 108. The standard InChI is InChI=1S/C8H14NO/c1-2-7(9)6-8-4-3-5-10-8/h2,6-8H,1,3-5,9H2. The molecule has 2 N–H and O–H groups in total. The van der Waals surface area contributed by atoms with Crippen LogP contribution in [-0.2, 0) is 4.74 Å². The Morgan fingerprint density at radius 2 is 2.50 bits per heavy atom. The highest BCUT2D eigenvalue weighted by Gasteiger charge is 2.17. The van der Waals surface area contributed by atoms with Crippen LogP contribution in [0, 0.1) is 6.42 Å². The van der Waals surface area contributed by atoms with E-state index in [0.717, 1.165) is 19.4 Å². The van der Waals surface area contributed by atoms with Crippen LogP contribution in [0.3, 0.4) is 0 Å². The molecule has 2 atom stereocenters. The number of nitrogens with two attached hydrogens (primary N) is 1. The van der Waals surface area contributed by atoms with Gasteiger partial charge in [0.1, 0.15) is 0 Å². The molecule has 2 heteroatoms. The number of hydrogen-bond donors (Lipinski definition) is 1. The van der Waals surface area contributed by atoms with Crippen LogP contribution in [0.15, 0.2) is 12.7 Å². The van der Waals surface area contributed by atoms with E-state index in [0.29, 0.717) is 0 Å². The van der Waals surface area contributed by atoms with Gasteiger partial charge in [0.25, 0.3) is 0 Å². The molecular weight excluding hydrogens is 126 g/mol. The van der Waals surface area contributed by atoms with Crippen molar-refractivity contribution in [2.75, 3.05) is 6.61 Å². The van der Waals surface area contributed by atoms with Crippen LogP contribution in [0.5, 0.6) is 0 Å². The van der Waals surface area contributed by atoms with E-state index in [1.165, 1.54) is 0 Å². The molecule has 0 aromatic heterocycles. The lowest BCUT2D eigenvalue weighted by Gasteiger charge is -2.11. The van der Waals surface area contributed by atoms with E-state index < -0.39 is 0 Å². The van der Waals surface area contributed by atoms with Crippen LogP contribution in [0.1, 0.15) is 12.8 Å². The van der Waals surface area contributed by atoms with E-state index in [1.54, 1.807) is 6.08 Å². The van der Waals surface area contributed by atoms with Gasteiger partial charge in [-0.1, -0.05) is 6.08 Å². The zero-order chi connectivity index (χ0) is 7.40. The maximum absolute atomic E-state index is 5.60. The zero-order valence-electron chi connectivity index (χ0n) is 6.12.